The topological polar surface area (TPSA) is 114 Å². The Morgan fingerprint density at radius 2 is 1.67 bits per heavy atom. The summed E-state index contributed by atoms with van der Waals surface area (Å²) in [5.74, 6) is 1.16. The summed E-state index contributed by atoms with van der Waals surface area (Å²) >= 11 is 1.41. The fourth-order valence-electron chi connectivity index (χ4n) is 3.56. The van der Waals surface area contributed by atoms with Crippen molar-refractivity contribution < 1.29 is 19.1 Å². The molecule has 10 heteroatoms. The number of rotatable bonds is 8. The number of hydrogen-bond donors (Lipinski definition) is 3. The Hall–Kier alpha value is -4.18. The Bertz CT molecular complexity index is 1410. The van der Waals surface area contributed by atoms with Gasteiger partial charge >= 0.3 is 0 Å². The van der Waals surface area contributed by atoms with Gasteiger partial charge in [-0.3, -0.25) is 9.59 Å². The second kappa shape index (κ2) is 10.6. The molecule has 36 heavy (non-hydrogen) atoms. The minimum absolute atomic E-state index is 0.192. The first-order valence-electron chi connectivity index (χ1n) is 11.2. The number of ether oxygens (including phenoxy) is 2. The van der Waals surface area contributed by atoms with Gasteiger partial charge in [0.15, 0.2) is 0 Å². The van der Waals surface area contributed by atoms with Crippen LogP contribution < -0.4 is 25.4 Å². The van der Waals surface area contributed by atoms with Crippen LogP contribution in [0.2, 0.25) is 0 Å². The van der Waals surface area contributed by atoms with Gasteiger partial charge in [0.2, 0.25) is 0 Å². The maximum Gasteiger partial charge on any atom is 0.258 e. The number of amides is 2. The molecule has 0 spiro atoms. The first kappa shape index (κ1) is 24.9. The maximum absolute atomic E-state index is 13.2. The number of benzene rings is 2. The van der Waals surface area contributed by atoms with Crippen LogP contribution in [0.25, 0.3) is 10.2 Å². The van der Waals surface area contributed by atoms with Gasteiger partial charge in [-0.25, -0.2) is 9.97 Å². The van der Waals surface area contributed by atoms with Crippen molar-refractivity contribution in [3.63, 3.8) is 0 Å². The third kappa shape index (κ3) is 5.38. The summed E-state index contributed by atoms with van der Waals surface area (Å²) < 4.78 is 11.3. The molecule has 0 saturated heterocycles. The summed E-state index contributed by atoms with van der Waals surface area (Å²) in [7, 11) is 3.08. The number of hydrogen-bond acceptors (Lipinski definition) is 8. The molecule has 2 aromatic heterocycles. The molecule has 0 bridgehead atoms. The minimum atomic E-state index is -0.334. The number of nitrogens with zero attached hydrogens (tertiary/aromatic N) is 2. The molecule has 0 atom stereocenters. The number of anilines is 3. The van der Waals surface area contributed by atoms with Crippen LogP contribution in [0.1, 0.15) is 40.1 Å². The Kier molecular flexibility index (Phi) is 7.35. The van der Waals surface area contributed by atoms with Crippen molar-refractivity contribution in [2.45, 2.75) is 26.8 Å². The van der Waals surface area contributed by atoms with E-state index >= 15 is 0 Å². The SMILES string of the molecule is COc1cc(NC(=O)c2ccc(C)c(NC(=O)c3csc4c(NC(C)C)ncnc34)c2)cc(OC)c1. The van der Waals surface area contributed by atoms with E-state index in [9.17, 15) is 9.59 Å². The zero-order valence-electron chi connectivity index (χ0n) is 20.6. The van der Waals surface area contributed by atoms with Crippen molar-refractivity contribution in [2.24, 2.45) is 0 Å². The van der Waals surface area contributed by atoms with Gasteiger partial charge in [0.1, 0.15) is 23.6 Å². The lowest BCUT2D eigenvalue weighted by atomic mass is 10.1. The lowest BCUT2D eigenvalue weighted by Gasteiger charge is -2.12. The highest BCUT2D eigenvalue weighted by Crippen LogP contribution is 2.31. The zero-order chi connectivity index (χ0) is 25.8. The van der Waals surface area contributed by atoms with E-state index in [-0.39, 0.29) is 17.9 Å². The van der Waals surface area contributed by atoms with Crippen molar-refractivity contribution in [3.05, 3.63) is 64.8 Å². The Labute approximate surface area is 212 Å². The van der Waals surface area contributed by atoms with Gasteiger partial charge in [0.25, 0.3) is 11.8 Å². The van der Waals surface area contributed by atoms with Gasteiger partial charge in [-0.15, -0.1) is 11.3 Å². The summed E-state index contributed by atoms with van der Waals surface area (Å²) in [4.78, 5) is 34.8. The third-order valence-electron chi connectivity index (χ3n) is 5.38. The third-order valence-corrected chi connectivity index (χ3v) is 6.36. The summed E-state index contributed by atoms with van der Waals surface area (Å²) in [6, 6.07) is 10.4. The first-order chi connectivity index (χ1) is 17.3. The lowest BCUT2D eigenvalue weighted by molar-refractivity contribution is 0.101. The molecule has 9 nitrogen and oxygen atoms in total. The molecule has 186 valence electrons. The molecule has 0 radical (unpaired) electrons. The Balaban J connectivity index is 1.56. The second-order valence-electron chi connectivity index (χ2n) is 8.39. The minimum Gasteiger partial charge on any atom is -0.497 e. The van der Waals surface area contributed by atoms with Crippen molar-refractivity contribution in [3.8, 4) is 11.5 Å². The van der Waals surface area contributed by atoms with E-state index in [1.54, 1.807) is 56.0 Å². The largest absolute Gasteiger partial charge is 0.497 e. The van der Waals surface area contributed by atoms with Crippen LogP contribution in [-0.4, -0.2) is 42.0 Å². The van der Waals surface area contributed by atoms with Gasteiger partial charge < -0.3 is 25.4 Å². The zero-order valence-corrected chi connectivity index (χ0v) is 21.4. The highest BCUT2D eigenvalue weighted by atomic mass is 32.1. The van der Waals surface area contributed by atoms with Gasteiger partial charge in [-0.1, -0.05) is 6.07 Å². The number of methoxy groups -OCH3 is 2. The first-order valence-corrected chi connectivity index (χ1v) is 12.1. The highest BCUT2D eigenvalue weighted by molar-refractivity contribution is 7.18. The summed E-state index contributed by atoms with van der Waals surface area (Å²) in [5, 5.41) is 10.8. The Morgan fingerprint density at radius 1 is 0.944 bits per heavy atom. The average molecular weight is 506 g/mol. The summed E-state index contributed by atoms with van der Waals surface area (Å²) in [5.41, 5.74) is 3.29. The fraction of sp³-hybridized carbons (Fsp3) is 0.231. The molecule has 2 heterocycles. The van der Waals surface area contributed by atoms with E-state index < -0.39 is 0 Å². The van der Waals surface area contributed by atoms with Crippen LogP contribution in [0.5, 0.6) is 11.5 Å². The van der Waals surface area contributed by atoms with Gasteiger partial charge in [0.05, 0.1) is 30.0 Å². The van der Waals surface area contributed by atoms with Crippen LogP contribution >= 0.6 is 11.3 Å². The summed E-state index contributed by atoms with van der Waals surface area (Å²) in [6.07, 6.45) is 1.44. The molecular formula is C26H27N5O4S. The molecule has 0 saturated carbocycles. The van der Waals surface area contributed by atoms with E-state index in [0.717, 1.165) is 10.3 Å². The lowest BCUT2D eigenvalue weighted by Crippen LogP contribution is -2.16. The monoisotopic (exact) mass is 505 g/mol. The number of nitrogens with one attached hydrogen (secondary N) is 3. The molecule has 4 rings (SSSR count). The van der Waals surface area contributed by atoms with Crippen LogP contribution in [-0.2, 0) is 0 Å². The molecule has 0 unspecified atom stereocenters. The van der Waals surface area contributed by atoms with Crippen molar-refractivity contribution in [1.29, 1.82) is 0 Å². The average Bonchev–Trinajstić information content (AvgIpc) is 3.30. The standard InChI is InChI=1S/C26H27N5O4S/c1-14(2)29-24-23-22(27-13-28-24)20(12-36-23)26(33)31-21-8-16(7-6-15(21)3)25(32)30-17-9-18(34-4)11-19(10-17)35-5/h6-14H,1-5H3,(H,30,32)(H,31,33)(H,27,28,29). The number of thiophene rings is 1. The van der Waals surface area contributed by atoms with Crippen LogP contribution in [0.3, 0.4) is 0 Å². The predicted octanol–water partition coefficient (Wildman–Crippen LogP) is 5.34. The van der Waals surface area contributed by atoms with E-state index in [1.165, 1.54) is 17.7 Å². The number of aryl methyl sites for hydroxylation is 1. The van der Waals surface area contributed by atoms with Crippen LogP contribution in [0, 0.1) is 6.92 Å². The number of carbonyl (C=O) groups excluding carboxylic acids is 2. The summed E-state index contributed by atoms with van der Waals surface area (Å²) in [6.45, 7) is 5.90. The second-order valence-corrected chi connectivity index (χ2v) is 9.27. The van der Waals surface area contributed by atoms with Crippen molar-refractivity contribution in [2.75, 3.05) is 30.2 Å². The number of fused-ring (bicyclic) bond motifs is 1. The fourth-order valence-corrected chi connectivity index (χ4v) is 4.51. The normalized spacial score (nSPS) is 10.8. The van der Waals surface area contributed by atoms with Crippen molar-refractivity contribution in [1.82, 2.24) is 9.97 Å². The smallest absolute Gasteiger partial charge is 0.258 e. The highest BCUT2D eigenvalue weighted by Gasteiger charge is 2.18. The van der Waals surface area contributed by atoms with E-state index in [1.807, 2.05) is 20.8 Å². The van der Waals surface area contributed by atoms with E-state index in [2.05, 4.69) is 25.9 Å². The van der Waals surface area contributed by atoms with Gasteiger partial charge in [-0.2, -0.15) is 0 Å². The molecule has 0 aliphatic heterocycles. The van der Waals surface area contributed by atoms with Gasteiger partial charge in [0, 0.05) is 46.6 Å². The molecular weight excluding hydrogens is 478 g/mol. The molecule has 4 aromatic rings. The van der Waals surface area contributed by atoms with Crippen molar-refractivity contribution >= 4 is 50.6 Å². The van der Waals surface area contributed by atoms with Crippen LogP contribution in [0.4, 0.5) is 17.2 Å². The molecule has 2 aromatic carbocycles. The number of aromatic nitrogens is 2. The molecule has 2 amide bonds. The van der Waals surface area contributed by atoms with Crippen LogP contribution in [0.15, 0.2) is 48.1 Å². The van der Waals surface area contributed by atoms with E-state index in [0.29, 0.717) is 45.3 Å². The van der Waals surface area contributed by atoms with E-state index in [4.69, 9.17) is 9.47 Å². The molecule has 3 N–H and O–H groups in total. The Morgan fingerprint density at radius 3 is 2.33 bits per heavy atom. The molecule has 0 aliphatic carbocycles. The predicted molar refractivity (Wildman–Crippen MR) is 143 cm³/mol. The molecule has 0 aliphatic rings. The maximum atomic E-state index is 13.2. The quantitative estimate of drug-likeness (QED) is 0.296. The molecule has 0 fully saturated rings. The number of carbonyl (C=O) groups is 2. The van der Waals surface area contributed by atoms with Gasteiger partial charge in [-0.05, 0) is 38.5 Å².